The lowest BCUT2D eigenvalue weighted by Gasteiger charge is -2.26. The Kier molecular flexibility index (Phi) is 3.53. The Balaban J connectivity index is 2.11. The molecule has 1 atom stereocenters. The molecule has 0 radical (unpaired) electrons. The van der Waals surface area contributed by atoms with Crippen LogP contribution in [0.15, 0.2) is 30.5 Å². The fraction of sp³-hybridized carbons (Fsp3) is 0.412. The summed E-state index contributed by atoms with van der Waals surface area (Å²) < 4.78 is 2.17. The van der Waals surface area contributed by atoms with Crippen LogP contribution in [0.4, 0.5) is 0 Å². The molecule has 2 aromatic heterocycles. The van der Waals surface area contributed by atoms with E-state index in [0.29, 0.717) is 0 Å². The van der Waals surface area contributed by atoms with Crippen LogP contribution in [0, 0.1) is 13.8 Å². The van der Waals surface area contributed by atoms with Crippen LogP contribution in [0.25, 0.3) is 5.82 Å². The first-order valence-corrected chi connectivity index (χ1v) is 7.47. The molecule has 1 aliphatic rings. The average Bonchev–Trinajstić information content (AvgIpc) is 3.06. The Bertz CT molecular complexity index is 655. The predicted molar refractivity (Wildman–Crippen MR) is 82.4 cm³/mol. The van der Waals surface area contributed by atoms with Gasteiger partial charge in [-0.1, -0.05) is 6.07 Å². The Morgan fingerprint density at radius 3 is 2.62 bits per heavy atom. The summed E-state index contributed by atoms with van der Waals surface area (Å²) >= 11 is 0. The molecule has 1 amide bonds. The van der Waals surface area contributed by atoms with Crippen LogP contribution < -0.4 is 0 Å². The summed E-state index contributed by atoms with van der Waals surface area (Å²) in [6, 6.07) is 8.42. The second-order valence-electron chi connectivity index (χ2n) is 5.74. The van der Waals surface area contributed by atoms with Gasteiger partial charge in [0.25, 0.3) is 0 Å². The maximum atomic E-state index is 11.9. The van der Waals surface area contributed by atoms with E-state index in [1.807, 2.05) is 17.2 Å². The average molecular weight is 283 g/mol. The number of carbonyl (C=O) groups excluding carboxylic acids is 1. The SMILES string of the molecule is CC(=O)N1CCCC1c1cccnc1-n1c(C)ccc1C. The summed E-state index contributed by atoms with van der Waals surface area (Å²) in [5.74, 6) is 1.10. The third-order valence-electron chi connectivity index (χ3n) is 4.32. The summed E-state index contributed by atoms with van der Waals surface area (Å²) in [7, 11) is 0. The number of rotatable bonds is 2. The van der Waals surface area contributed by atoms with E-state index in [2.05, 4.69) is 41.6 Å². The van der Waals surface area contributed by atoms with Crippen LogP contribution in [0.5, 0.6) is 0 Å². The molecule has 0 saturated carbocycles. The van der Waals surface area contributed by atoms with E-state index in [9.17, 15) is 4.79 Å². The zero-order chi connectivity index (χ0) is 15.0. The highest BCUT2D eigenvalue weighted by Gasteiger charge is 2.30. The lowest BCUT2D eigenvalue weighted by Crippen LogP contribution is -2.29. The Labute approximate surface area is 125 Å². The van der Waals surface area contributed by atoms with Gasteiger partial charge in [-0.3, -0.25) is 4.79 Å². The summed E-state index contributed by atoms with van der Waals surface area (Å²) in [5.41, 5.74) is 3.48. The van der Waals surface area contributed by atoms with Gasteiger partial charge < -0.3 is 9.47 Å². The van der Waals surface area contributed by atoms with Crippen molar-refractivity contribution in [3.05, 3.63) is 47.4 Å². The van der Waals surface area contributed by atoms with Crippen molar-refractivity contribution in [1.82, 2.24) is 14.5 Å². The Hall–Kier alpha value is -2.10. The minimum absolute atomic E-state index is 0.146. The van der Waals surface area contributed by atoms with Gasteiger partial charge in [-0.2, -0.15) is 0 Å². The van der Waals surface area contributed by atoms with E-state index >= 15 is 0 Å². The van der Waals surface area contributed by atoms with E-state index in [0.717, 1.165) is 30.8 Å². The highest BCUT2D eigenvalue weighted by atomic mass is 16.2. The maximum absolute atomic E-state index is 11.9. The van der Waals surface area contributed by atoms with E-state index in [1.165, 1.54) is 11.4 Å². The molecule has 4 nitrogen and oxygen atoms in total. The van der Waals surface area contributed by atoms with Gasteiger partial charge in [0.1, 0.15) is 5.82 Å². The van der Waals surface area contributed by atoms with Crippen molar-refractivity contribution in [2.75, 3.05) is 6.54 Å². The number of hydrogen-bond acceptors (Lipinski definition) is 2. The molecule has 21 heavy (non-hydrogen) atoms. The number of hydrogen-bond donors (Lipinski definition) is 0. The zero-order valence-corrected chi connectivity index (χ0v) is 12.8. The van der Waals surface area contributed by atoms with Crippen LogP contribution in [0.2, 0.25) is 0 Å². The van der Waals surface area contributed by atoms with Gasteiger partial charge in [0.05, 0.1) is 6.04 Å². The van der Waals surface area contributed by atoms with Crippen molar-refractivity contribution in [3.8, 4) is 5.82 Å². The van der Waals surface area contributed by atoms with Crippen LogP contribution in [-0.2, 0) is 4.79 Å². The third kappa shape index (κ3) is 2.35. The van der Waals surface area contributed by atoms with Crippen molar-refractivity contribution >= 4 is 5.91 Å². The number of carbonyl (C=O) groups is 1. The first kappa shape index (κ1) is 13.9. The van der Waals surface area contributed by atoms with E-state index in [1.54, 1.807) is 6.92 Å². The van der Waals surface area contributed by atoms with Crippen molar-refractivity contribution in [3.63, 3.8) is 0 Å². The molecule has 1 saturated heterocycles. The number of pyridine rings is 1. The fourth-order valence-corrected chi connectivity index (χ4v) is 3.33. The molecule has 0 bridgehead atoms. The molecule has 3 heterocycles. The van der Waals surface area contributed by atoms with Crippen molar-refractivity contribution in [2.45, 2.75) is 39.7 Å². The molecule has 0 N–H and O–H groups in total. The summed E-state index contributed by atoms with van der Waals surface area (Å²) in [6.45, 7) is 6.67. The first-order chi connectivity index (χ1) is 10.1. The molecule has 0 spiro atoms. The van der Waals surface area contributed by atoms with Crippen LogP contribution >= 0.6 is 0 Å². The Morgan fingerprint density at radius 2 is 1.95 bits per heavy atom. The second-order valence-corrected chi connectivity index (χ2v) is 5.74. The summed E-state index contributed by atoms with van der Waals surface area (Å²) in [5, 5.41) is 0. The van der Waals surface area contributed by atoms with Gasteiger partial charge in [0.2, 0.25) is 5.91 Å². The summed E-state index contributed by atoms with van der Waals surface area (Å²) in [4.78, 5) is 18.4. The lowest BCUT2D eigenvalue weighted by atomic mass is 10.0. The molecular weight excluding hydrogens is 262 g/mol. The second kappa shape index (κ2) is 5.35. The molecule has 4 heteroatoms. The number of likely N-dealkylation sites (tertiary alicyclic amines) is 1. The third-order valence-corrected chi connectivity index (χ3v) is 4.32. The van der Waals surface area contributed by atoms with Gasteiger partial charge in [-0.25, -0.2) is 4.98 Å². The first-order valence-electron chi connectivity index (χ1n) is 7.47. The minimum atomic E-state index is 0.146. The monoisotopic (exact) mass is 283 g/mol. The molecule has 1 unspecified atom stereocenters. The topological polar surface area (TPSA) is 38.1 Å². The van der Waals surface area contributed by atoms with Gasteiger partial charge in [-0.15, -0.1) is 0 Å². The van der Waals surface area contributed by atoms with Gasteiger partial charge in [0.15, 0.2) is 0 Å². The van der Waals surface area contributed by atoms with Crippen molar-refractivity contribution < 1.29 is 4.79 Å². The molecule has 2 aromatic rings. The van der Waals surface area contributed by atoms with Gasteiger partial charge >= 0.3 is 0 Å². The molecule has 3 rings (SSSR count). The summed E-state index contributed by atoms with van der Waals surface area (Å²) in [6.07, 6.45) is 3.89. The largest absolute Gasteiger partial charge is 0.336 e. The molecule has 110 valence electrons. The van der Waals surface area contributed by atoms with Crippen LogP contribution in [0.3, 0.4) is 0 Å². The normalized spacial score (nSPS) is 18.2. The molecule has 1 aliphatic heterocycles. The smallest absolute Gasteiger partial charge is 0.219 e. The van der Waals surface area contributed by atoms with Crippen molar-refractivity contribution in [1.29, 1.82) is 0 Å². The number of nitrogens with zero attached hydrogens (tertiary/aromatic N) is 3. The van der Waals surface area contributed by atoms with Gasteiger partial charge in [-0.05, 0) is 44.9 Å². The zero-order valence-electron chi connectivity index (χ0n) is 12.8. The quantitative estimate of drug-likeness (QED) is 0.849. The minimum Gasteiger partial charge on any atom is -0.336 e. The maximum Gasteiger partial charge on any atom is 0.219 e. The van der Waals surface area contributed by atoms with Crippen LogP contribution in [0.1, 0.15) is 42.8 Å². The molecule has 0 aromatic carbocycles. The van der Waals surface area contributed by atoms with Crippen LogP contribution in [-0.4, -0.2) is 26.9 Å². The van der Waals surface area contributed by atoms with E-state index < -0.39 is 0 Å². The lowest BCUT2D eigenvalue weighted by molar-refractivity contribution is -0.129. The standard InChI is InChI=1S/C17H21N3O/c1-12-8-9-13(2)20(12)17-15(6-4-10-18-17)16-7-5-11-19(16)14(3)21/h4,6,8-10,16H,5,7,11H2,1-3H3. The number of amides is 1. The van der Waals surface area contributed by atoms with E-state index in [4.69, 9.17) is 0 Å². The van der Waals surface area contributed by atoms with Crippen molar-refractivity contribution in [2.24, 2.45) is 0 Å². The molecule has 0 aliphatic carbocycles. The van der Waals surface area contributed by atoms with E-state index in [-0.39, 0.29) is 11.9 Å². The molecule has 1 fully saturated rings. The number of aryl methyl sites for hydroxylation is 2. The number of aromatic nitrogens is 2. The predicted octanol–water partition coefficient (Wildman–Crippen LogP) is 3.17. The fourth-order valence-electron chi connectivity index (χ4n) is 3.33. The highest BCUT2D eigenvalue weighted by molar-refractivity contribution is 5.74. The highest BCUT2D eigenvalue weighted by Crippen LogP contribution is 2.35. The Morgan fingerprint density at radius 1 is 1.24 bits per heavy atom. The van der Waals surface area contributed by atoms with Gasteiger partial charge in [0, 0.05) is 36.6 Å². The molecular formula is C17H21N3O.